The maximum atomic E-state index is 4.43. The largest absolute Gasteiger partial charge is 0.357 e. The third kappa shape index (κ3) is 3.58. The van der Waals surface area contributed by atoms with Gasteiger partial charge in [0.15, 0.2) is 0 Å². The van der Waals surface area contributed by atoms with Crippen LogP contribution in [-0.4, -0.2) is 29.1 Å². The second-order valence-corrected chi connectivity index (χ2v) is 5.63. The second kappa shape index (κ2) is 6.68. The van der Waals surface area contributed by atoms with Crippen LogP contribution in [0.15, 0.2) is 42.9 Å². The van der Waals surface area contributed by atoms with Gasteiger partial charge in [0.1, 0.15) is 5.82 Å². The fraction of sp³-hybridized carbons (Fsp3) is 0.412. The molecule has 3 heterocycles. The van der Waals surface area contributed by atoms with E-state index in [1.807, 2.05) is 24.7 Å². The van der Waals surface area contributed by atoms with Crippen molar-refractivity contribution >= 4 is 5.82 Å². The number of anilines is 1. The topological polar surface area (TPSA) is 41.1 Å². The number of nitrogens with one attached hydrogen (secondary N) is 1. The van der Waals surface area contributed by atoms with Gasteiger partial charge in [-0.2, -0.15) is 0 Å². The van der Waals surface area contributed by atoms with Gasteiger partial charge < -0.3 is 10.2 Å². The number of rotatable bonds is 4. The predicted molar refractivity (Wildman–Crippen MR) is 85.3 cm³/mol. The average molecular weight is 282 g/mol. The summed E-state index contributed by atoms with van der Waals surface area (Å²) in [6, 6.07) is 8.81. The predicted octanol–water partition coefficient (Wildman–Crippen LogP) is 2.54. The molecule has 0 spiro atoms. The van der Waals surface area contributed by atoms with Gasteiger partial charge in [-0.15, -0.1) is 0 Å². The van der Waals surface area contributed by atoms with Gasteiger partial charge in [0.2, 0.25) is 0 Å². The van der Waals surface area contributed by atoms with Crippen molar-refractivity contribution in [2.75, 3.05) is 18.0 Å². The first kappa shape index (κ1) is 14.0. The molecule has 4 nitrogen and oxygen atoms in total. The molecule has 1 saturated heterocycles. The van der Waals surface area contributed by atoms with Crippen LogP contribution < -0.4 is 10.2 Å². The van der Waals surface area contributed by atoms with Gasteiger partial charge in [-0.1, -0.05) is 6.07 Å². The Bertz CT molecular complexity index is 562. The molecule has 0 saturated carbocycles. The normalized spacial score (nSPS) is 16.1. The zero-order chi connectivity index (χ0) is 14.5. The molecule has 2 aromatic heterocycles. The van der Waals surface area contributed by atoms with Crippen LogP contribution in [0.5, 0.6) is 0 Å². The summed E-state index contributed by atoms with van der Waals surface area (Å²) >= 11 is 0. The summed E-state index contributed by atoms with van der Waals surface area (Å²) < 4.78 is 0. The van der Waals surface area contributed by atoms with Crippen molar-refractivity contribution in [1.29, 1.82) is 0 Å². The minimum atomic E-state index is 0.595. The molecular formula is C17H22N4. The van der Waals surface area contributed by atoms with Crippen molar-refractivity contribution in [1.82, 2.24) is 15.3 Å². The molecule has 0 aromatic carbocycles. The van der Waals surface area contributed by atoms with Crippen molar-refractivity contribution in [3.63, 3.8) is 0 Å². The van der Waals surface area contributed by atoms with Gasteiger partial charge in [0.05, 0.1) is 0 Å². The van der Waals surface area contributed by atoms with Crippen LogP contribution in [0.3, 0.4) is 0 Å². The van der Waals surface area contributed by atoms with E-state index in [9.17, 15) is 0 Å². The van der Waals surface area contributed by atoms with Gasteiger partial charge >= 0.3 is 0 Å². The molecule has 1 aliphatic rings. The van der Waals surface area contributed by atoms with Gasteiger partial charge in [-0.25, -0.2) is 4.98 Å². The fourth-order valence-electron chi connectivity index (χ4n) is 2.81. The Labute approximate surface area is 126 Å². The van der Waals surface area contributed by atoms with Crippen molar-refractivity contribution < 1.29 is 0 Å². The molecule has 0 aliphatic carbocycles. The van der Waals surface area contributed by atoms with Crippen LogP contribution in [0.2, 0.25) is 0 Å². The molecule has 0 amide bonds. The van der Waals surface area contributed by atoms with Gasteiger partial charge in [-0.3, -0.25) is 4.98 Å². The molecule has 1 N–H and O–H groups in total. The van der Waals surface area contributed by atoms with E-state index in [2.05, 4.69) is 45.3 Å². The molecule has 3 rings (SSSR count). The Balaban J connectivity index is 1.49. The van der Waals surface area contributed by atoms with Gasteiger partial charge in [0, 0.05) is 44.3 Å². The summed E-state index contributed by atoms with van der Waals surface area (Å²) in [4.78, 5) is 10.9. The summed E-state index contributed by atoms with van der Waals surface area (Å²) in [5, 5.41) is 3.68. The Hall–Kier alpha value is -1.94. The zero-order valence-electron chi connectivity index (χ0n) is 12.5. The SMILES string of the molecule is Cc1cnccc1CNC1CCN(c2ccccn2)CC1. The fourth-order valence-corrected chi connectivity index (χ4v) is 2.81. The molecule has 1 aliphatic heterocycles. The molecule has 0 atom stereocenters. The molecular weight excluding hydrogens is 260 g/mol. The first-order valence-electron chi connectivity index (χ1n) is 7.62. The Morgan fingerprint density at radius 1 is 1.19 bits per heavy atom. The molecule has 4 heteroatoms. The third-order valence-electron chi connectivity index (χ3n) is 4.19. The van der Waals surface area contributed by atoms with E-state index in [1.54, 1.807) is 0 Å². The number of piperidine rings is 1. The minimum Gasteiger partial charge on any atom is -0.357 e. The lowest BCUT2D eigenvalue weighted by atomic mass is 10.0. The third-order valence-corrected chi connectivity index (χ3v) is 4.19. The smallest absolute Gasteiger partial charge is 0.128 e. The summed E-state index contributed by atoms with van der Waals surface area (Å²) in [5.74, 6) is 1.10. The van der Waals surface area contributed by atoms with Crippen LogP contribution in [0.1, 0.15) is 24.0 Å². The van der Waals surface area contributed by atoms with Gasteiger partial charge in [-0.05, 0) is 49.1 Å². The zero-order valence-corrected chi connectivity index (χ0v) is 12.5. The van der Waals surface area contributed by atoms with E-state index in [4.69, 9.17) is 0 Å². The van der Waals surface area contributed by atoms with Crippen LogP contribution in [0.4, 0.5) is 5.82 Å². The van der Waals surface area contributed by atoms with E-state index >= 15 is 0 Å². The highest BCUT2D eigenvalue weighted by atomic mass is 15.2. The number of aromatic nitrogens is 2. The lowest BCUT2D eigenvalue weighted by molar-refractivity contribution is 0.412. The molecule has 0 radical (unpaired) electrons. The molecule has 2 aromatic rings. The quantitative estimate of drug-likeness (QED) is 0.935. The summed E-state index contributed by atoms with van der Waals surface area (Å²) in [6.07, 6.45) is 8.00. The van der Waals surface area contributed by atoms with Crippen LogP contribution in [0, 0.1) is 6.92 Å². The number of hydrogen-bond donors (Lipinski definition) is 1. The summed E-state index contributed by atoms with van der Waals surface area (Å²) in [7, 11) is 0. The van der Waals surface area contributed by atoms with E-state index in [0.717, 1.165) is 25.5 Å². The Kier molecular flexibility index (Phi) is 4.46. The maximum absolute atomic E-state index is 4.43. The highest BCUT2D eigenvalue weighted by Crippen LogP contribution is 2.17. The average Bonchev–Trinajstić information content (AvgIpc) is 2.55. The van der Waals surface area contributed by atoms with Crippen molar-refractivity contribution in [3.05, 3.63) is 54.0 Å². The molecule has 0 bridgehead atoms. The van der Waals surface area contributed by atoms with E-state index in [1.165, 1.54) is 24.0 Å². The molecule has 21 heavy (non-hydrogen) atoms. The van der Waals surface area contributed by atoms with Crippen molar-refractivity contribution in [2.24, 2.45) is 0 Å². The minimum absolute atomic E-state index is 0.595. The van der Waals surface area contributed by atoms with E-state index in [-0.39, 0.29) is 0 Å². The number of hydrogen-bond acceptors (Lipinski definition) is 4. The molecule has 0 unspecified atom stereocenters. The number of nitrogens with zero attached hydrogens (tertiary/aromatic N) is 3. The number of aryl methyl sites for hydroxylation is 1. The summed E-state index contributed by atoms with van der Waals surface area (Å²) in [6.45, 7) is 5.20. The van der Waals surface area contributed by atoms with Gasteiger partial charge in [0.25, 0.3) is 0 Å². The van der Waals surface area contributed by atoms with Crippen molar-refractivity contribution in [3.8, 4) is 0 Å². The van der Waals surface area contributed by atoms with E-state index in [0.29, 0.717) is 6.04 Å². The Morgan fingerprint density at radius 3 is 2.76 bits per heavy atom. The van der Waals surface area contributed by atoms with Crippen LogP contribution >= 0.6 is 0 Å². The first-order valence-corrected chi connectivity index (χ1v) is 7.62. The first-order chi connectivity index (χ1) is 10.3. The lowest BCUT2D eigenvalue weighted by Gasteiger charge is -2.33. The van der Waals surface area contributed by atoms with Crippen LogP contribution in [0.25, 0.3) is 0 Å². The monoisotopic (exact) mass is 282 g/mol. The Morgan fingerprint density at radius 2 is 2.05 bits per heavy atom. The van der Waals surface area contributed by atoms with Crippen molar-refractivity contribution in [2.45, 2.75) is 32.4 Å². The van der Waals surface area contributed by atoms with E-state index < -0.39 is 0 Å². The lowest BCUT2D eigenvalue weighted by Crippen LogP contribution is -2.42. The highest BCUT2D eigenvalue weighted by Gasteiger charge is 2.19. The number of pyridine rings is 2. The second-order valence-electron chi connectivity index (χ2n) is 5.63. The van der Waals surface area contributed by atoms with Crippen LogP contribution in [-0.2, 0) is 6.54 Å². The standard InChI is InChI=1S/C17H22N4/c1-14-12-18-9-5-15(14)13-20-16-6-10-21(11-7-16)17-4-2-3-8-19-17/h2-5,8-9,12,16,20H,6-7,10-11,13H2,1H3. The summed E-state index contributed by atoms with van der Waals surface area (Å²) in [5.41, 5.74) is 2.60. The molecule has 1 fully saturated rings. The maximum Gasteiger partial charge on any atom is 0.128 e. The molecule has 110 valence electrons. The highest BCUT2D eigenvalue weighted by molar-refractivity contribution is 5.38.